The fraction of sp³-hybridized carbons (Fsp3) is 0.130. The molecule has 0 atom stereocenters. The highest BCUT2D eigenvalue weighted by atomic mass is 16.6. The van der Waals surface area contributed by atoms with Gasteiger partial charge in [0.15, 0.2) is 6.61 Å². The van der Waals surface area contributed by atoms with Crippen LogP contribution >= 0.6 is 0 Å². The lowest BCUT2D eigenvalue weighted by molar-refractivity contribution is -0.385. The van der Waals surface area contributed by atoms with Crippen molar-refractivity contribution in [2.45, 2.75) is 0 Å². The summed E-state index contributed by atoms with van der Waals surface area (Å²) < 4.78 is 17.6. The number of rotatable bonds is 8. The minimum Gasteiger partial charge on any atom is -0.497 e. The maximum atomic E-state index is 12.3. The zero-order valence-corrected chi connectivity index (χ0v) is 17.8. The average Bonchev–Trinajstić information content (AvgIpc) is 3.26. The zero-order chi connectivity index (χ0) is 23.4. The van der Waals surface area contributed by atoms with Gasteiger partial charge in [-0.1, -0.05) is 0 Å². The van der Waals surface area contributed by atoms with Crippen LogP contribution < -0.4 is 19.5 Å². The van der Waals surface area contributed by atoms with E-state index in [4.69, 9.17) is 14.2 Å². The number of carbonyl (C=O) groups is 1. The SMILES string of the molecule is COc1ccc(OC)c(NC(=O)COc2ccc(-c3cn4cc([N+](=O)[O-])ccc4n3)cc2)c1. The highest BCUT2D eigenvalue weighted by molar-refractivity contribution is 5.93. The van der Waals surface area contributed by atoms with Crippen molar-refractivity contribution in [3.8, 4) is 28.5 Å². The molecule has 4 rings (SSSR count). The molecule has 0 aliphatic rings. The monoisotopic (exact) mass is 448 g/mol. The van der Waals surface area contributed by atoms with Crippen molar-refractivity contribution < 1.29 is 23.9 Å². The molecule has 2 aromatic carbocycles. The van der Waals surface area contributed by atoms with Gasteiger partial charge in [0.1, 0.15) is 22.9 Å². The normalized spacial score (nSPS) is 10.6. The molecule has 2 aromatic heterocycles. The van der Waals surface area contributed by atoms with Crippen molar-refractivity contribution >= 4 is 22.9 Å². The topological polar surface area (TPSA) is 117 Å². The Morgan fingerprint density at radius 3 is 2.48 bits per heavy atom. The third-order valence-electron chi connectivity index (χ3n) is 4.85. The number of hydrogen-bond acceptors (Lipinski definition) is 7. The number of ether oxygens (including phenoxy) is 3. The van der Waals surface area contributed by atoms with E-state index in [1.165, 1.54) is 26.5 Å². The van der Waals surface area contributed by atoms with Crippen molar-refractivity contribution in [2.75, 3.05) is 26.1 Å². The summed E-state index contributed by atoms with van der Waals surface area (Å²) in [7, 11) is 3.05. The molecular formula is C23H20N4O6. The van der Waals surface area contributed by atoms with Gasteiger partial charge in [-0.2, -0.15) is 0 Å². The number of benzene rings is 2. The highest BCUT2D eigenvalue weighted by Crippen LogP contribution is 2.29. The lowest BCUT2D eigenvalue weighted by Gasteiger charge is -2.12. The predicted molar refractivity (Wildman–Crippen MR) is 121 cm³/mol. The van der Waals surface area contributed by atoms with Crippen LogP contribution in [0.3, 0.4) is 0 Å². The first kappa shape index (κ1) is 21.6. The number of imidazole rings is 1. The minimum atomic E-state index is -0.453. The summed E-state index contributed by atoms with van der Waals surface area (Å²) in [5, 5.41) is 13.7. The van der Waals surface area contributed by atoms with Gasteiger partial charge in [-0.05, 0) is 42.5 Å². The number of nitro groups is 1. The van der Waals surface area contributed by atoms with E-state index in [1.807, 2.05) is 0 Å². The van der Waals surface area contributed by atoms with Crippen LogP contribution in [0.4, 0.5) is 11.4 Å². The first-order chi connectivity index (χ1) is 16.0. The number of aromatic nitrogens is 2. The van der Waals surface area contributed by atoms with Gasteiger partial charge in [0.2, 0.25) is 0 Å². The molecule has 2 heterocycles. The Morgan fingerprint density at radius 1 is 1.03 bits per heavy atom. The van der Waals surface area contributed by atoms with Crippen LogP contribution in [-0.2, 0) is 4.79 Å². The van der Waals surface area contributed by atoms with E-state index in [0.717, 1.165) is 5.56 Å². The molecule has 1 N–H and O–H groups in total. The molecule has 0 unspecified atom stereocenters. The van der Waals surface area contributed by atoms with Crippen LogP contribution in [0.2, 0.25) is 0 Å². The Hall–Kier alpha value is -4.60. The standard InChI is InChI=1S/C23H20N4O6/c1-31-18-8-9-21(32-2)19(11-18)25-23(28)14-33-17-6-3-15(4-7-17)20-13-26-12-16(27(29)30)5-10-22(26)24-20/h3-13H,14H2,1-2H3,(H,25,28). The summed E-state index contributed by atoms with van der Waals surface area (Å²) in [5.74, 6) is 1.24. The van der Waals surface area contributed by atoms with E-state index in [-0.39, 0.29) is 18.2 Å². The van der Waals surface area contributed by atoms with Crippen molar-refractivity contribution in [2.24, 2.45) is 0 Å². The van der Waals surface area contributed by atoms with Crippen LogP contribution in [0.5, 0.6) is 17.2 Å². The molecule has 0 saturated heterocycles. The Bertz CT molecular complexity index is 1320. The third-order valence-corrected chi connectivity index (χ3v) is 4.85. The second kappa shape index (κ2) is 9.27. The summed E-state index contributed by atoms with van der Waals surface area (Å²) in [4.78, 5) is 27.3. The van der Waals surface area contributed by atoms with Crippen molar-refractivity contribution in [3.63, 3.8) is 0 Å². The molecule has 0 radical (unpaired) electrons. The number of pyridine rings is 1. The molecule has 0 bridgehead atoms. The van der Waals surface area contributed by atoms with Crippen LogP contribution in [0, 0.1) is 10.1 Å². The van der Waals surface area contributed by atoms with E-state index in [2.05, 4.69) is 10.3 Å². The molecule has 1 amide bonds. The molecule has 10 nitrogen and oxygen atoms in total. The number of hydrogen-bond donors (Lipinski definition) is 1. The zero-order valence-electron chi connectivity index (χ0n) is 17.8. The van der Waals surface area contributed by atoms with Crippen molar-refractivity contribution in [1.29, 1.82) is 0 Å². The molecule has 0 fully saturated rings. The number of nitrogens with one attached hydrogen (secondary N) is 1. The predicted octanol–water partition coefficient (Wildman–Crippen LogP) is 3.94. The van der Waals surface area contributed by atoms with E-state index >= 15 is 0 Å². The lowest BCUT2D eigenvalue weighted by atomic mass is 10.2. The van der Waals surface area contributed by atoms with E-state index in [0.29, 0.717) is 34.3 Å². The summed E-state index contributed by atoms with van der Waals surface area (Å²) >= 11 is 0. The number of fused-ring (bicyclic) bond motifs is 1. The van der Waals surface area contributed by atoms with Gasteiger partial charge in [0.05, 0.1) is 36.7 Å². The van der Waals surface area contributed by atoms with Crippen molar-refractivity contribution in [3.05, 3.63) is 77.1 Å². The quantitative estimate of drug-likeness (QED) is 0.320. The number of nitrogens with zero attached hydrogens (tertiary/aromatic N) is 3. The van der Waals surface area contributed by atoms with Crippen LogP contribution in [0.15, 0.2) is 67.0 Å². The van der Waals surface area contributed by atoms with Gasteiger partial charge in [-0.3, -0.25) is 19.3 Å². The second-order valence-electron chi connectivity index (χ2n) is 6.96. The van der Waals surface area contributed by atoms with E-state index < -0.39 is 4.92 Å². The molecule has 33 heavy (non-hydrogen) atoms. The molecular weight excluding hydrogens is 428 g/mol. The van der Waals surface area contributed by atoms with Gasteiger partial charge < -0.3 is 19.5 Å². The Kier molecular flexibility index (Phi) is 6.07. The van der Waals surface area contributed by atoms with Crippen LogP contribution in [-0.4, -0.2) is 41.0 Å². The third kappa shape index (κ3) is 4.85. The Morgan fingerprint density at radius 2 is 1.79 bits per heavy atom. The first-order valence-electron chi connectivity index (χ1n) is 9.85. The fourth-order valence-corrected chi connectivity index (χ4v) is 3.20. The summed E-state index contributed by atoms with van der Waals surface area (Å²) in [6.07, 6.45) is 3.13. The highest BCUT2D eigenvalue weighted by Gasteiger charge is 2.12. The number of anilines is 1. The molecule has 0 aliphatic heterocycles. The summed E-state index contributed by atoms with van der Waals surface area (Å²) in [6.45, 7) is -0.197. The molecule has 4 aromatic rings. The second-order valence-corrected chi connectivity index (χ2v) is 6.96. The van der Waals surface area contributed by atoms with Gasteiger partial charge in [0.25, 0.3) is 11.6 Å². The molecule has 168 valence electrons. The number of methoxy groups -OCH3 is 2. The van der Waals surface area contributed by atoms with Gasteiger partial charge in [-0.15, -0.1) is 0 Å². The van der Waals surface area contributed by atoms with E-state index in [1.54, 1.807) is 59.1 Å². The molecule has 10 heteroatoms. The van der Waals surface area contributed by atoms with Crippen LogP contribution in [0.1, 0.15) is 0 Å². The lowest BCUT2D eigenvalue weighted by Crippen LogP contribution is -2.20. The van der Waals surface area contributed by atoms with Crippen LogP contribution in [0.25, 0.3) is 16.9 Å². The number of amides is 1. The largest absolute Gasteiger partial charge is 0.497 e. The summed E-state index contributed by atoms with van der Waals surface area (Å²) in [5.41, 5.74) is 2.53. The smallest absolute Gasteiger partial charge is 0.286 e. The maximum Gasteiger partial charge on any atom is 0.286 e. The molecule has 0 saturated carbocycles. The van der Waals surface area contributed by atoms with Gasteiger partial charge >= 0.3 is 0 Å². The maximum absolute atomic E-state index is 12.3. The van der Waals surface area contributed by atoms with E-state index in [9.17, 15) is 14.9 Å². The van der Waals surface area contributed by atoms with Crippen molar-refractivity contribution in [1.82, 2.24) is 9.38 Å². The average molecular weight is 448 g/mol. The summed E-state index contributed by atoms with van der Waals surface area (Å²) in [6, 6.07) is 15.1. The van der Waals surface area contributed by atoms with Gasteiger partial charge in [-0.25, -0.2) is 4.98 Å². The minimum absolute atomic E-state index is 0.0139. The molecule has 0 spiro atoms. The Labute approximate surface area is 188 Å². The molecule has 0 aliphatic carbocycles. The number of carbonyl (C=O) groups excluding carboxylic acids is 1. The Balaban J connectivity index is 1.40. The van der Waals surface area contributed by atoms with Gasteiger partial charge in [0, 0.05) is 23.9 Å². The first-order valence-corrected chi connectivity index (χ1v) is 9.85. The fourth-order valence-electron chi connectivity index (χ4n) is 3.20.